The van der Waals surface area contributed by atoms with Gasteiger partial charge in [-0.2, -0.15) is 0 Å². The third kappa shape index (κ3) is 3.98. The van der Waals surface area contributed by atoms with E-state index in [4.69, 9.17) is 0 Å². The molecule has 1 N–H and O–H groups in total. The standard InChI is InChI=1S/C27H28N2O5S/c30-25(28-13-15-29(16-14-28)26(31)27(32)11-12-27)19-3-1-18(2-4-19)20-5-9-23-21(17-20)6-10-24(23)35(33,34)22-7-8-22/h1-6,9-10,17,22,24,32H,7-8,11-16H2. The Labute approximate surface area is 205 Å². The van der Waals surface area contributed by atoms with Crippen LogP contribution in [-0.4, -0.2) is 72.2 Å². The Morgan fingerprint density at radius 1 is 0.886 bits per heavy atom. The van der Waals surface area contributed by atoms with E-state index in [9.17, 15) is 23.1 Å². The van der Waals surface area contributed by atoms with Gasteiger partial charge in [0.2, 0.25) is 0 Å². The van der Waals surface area contributed by atoms with Crippen molar-refractivity contribution in [2.45, 2.75) is 41.8 Å². The van der Waals surface area contributed by atoms with Gasteiger partial charge in [-0.05, 0) is 66.1 Å². The molecule has 0 spiro atoms. The lowest BCUT2D eigenvalue weighted by atomic mass is 9.99. The highest BCUT2D eigenvalue weighted by Crippen LogP contribution is 2.43. The molecule has 2 saturated carbocycles. The molecule has 1 aliphatic heterocycles. The van der Waals surface area contributed by atoms with Gasteiger partial charge in [-0.3, -0.25) is 9.59 Å². The fraction of sp³-hybridized carbons (Fsp3) is 0.407. The molecule has 2 aromatic rings. The molecule has 35 heavy (non-hydrogen) atoms. The first-order chi connectivity index (χ1) is 16.8. The lowest BCUT2D eigenvalue weighted by molar-refractivity contribution is -0.143. The molecule has 4 aliphatic rings. The Morgan fingerprint density at radius 3 is 2.14 bits per heavy atom. The normalized spacial score (nSPS) is 22.7. The van der Waals surface area contributed by atoms with E-state index >= 15 is 0 Å². The van der Waals surface area contributed by atoms with E-state index in [0.29, 0.717) is 44.6 Å². The fourth-order valence-corrected chi connectivity index (χ4v) is 7.14. The quantitative estimate of drug-likeness (QED) is 0.693. The molecule has 1 atom stereocenters. The molecule has 1 heterocycles. The zero-order chi connectivity index (χ0) is 24.4. The van der Waals surface area contributed by atoms with E-state index in [1.807, 2.05) is 48.5 Å². The van der Waals surface area contributed by atoms with Crippen LogP contribution in [0.5, 0.6) is 0 Å². The Hall–Kier alpha value is -2.97. The van der Waals surface area contributed by atoms with Crippen molar-refractivity contribution in [3.05, 3.63) is 65.2 Å². The maximum atomic E-state index is 13.0. The number of hydrogen-bond acceptors (Lipinski definition) is 5. The number of aliphatic hydroxyl groups is 1. The largest absolute Gasteiger partial charge is 0.380 e. The van der Waals surface area contributed by atoms with Crippen LogP contribution in [0.2, 0.25) is 0 Å². The van der Waals surface area contributed by atoms with Crippen molar-refractivity contribution < 1.29 is 23.1 Å². The van der Waals surface area contributed by atoms with Gasteiger partial charge in [-0.15, -0.1) is 0 Å². The van der Waals surface area contributed by atoms with Crippen molar-refractivity contribution in [3.63, 3.8) is 0 Å². The zero-order valence-corrected chi connectivity index (χ0v) is 20.2. The van der Waals surface area contributed by atoms with Crippen molar-refractivity contribution in [2.24, 2.45) is 0 Å². The van der Waals surface area contributed by atoms with Crippen molar-refractivity contribution in [2.75, 3.05) is 26.2 Å². The summed E-state index contributed by atoms with van der Waals surface area (Å²) in [5.74, 6) is -0.284. The average molecular weight is 493 g/mol. The number of rotatable bonds is 5. The Balaban J connectivity index is 1.12. The third-order valence-electron chi connectivity index (χ3n) is 7.63. The first-order valence-corrected chi connectivity index (χ1v) is 13.8. The molecule has 1 unspecified atom stereocenters. The number of carbonyl (C=O) groups is 2. The Bertz CT molecular complexity index is 1330. The highest BCUT2D eigenvalue weighted by Gasteiger charge is 2.50. The van der Waals surface area contributed by atoms with E-state index in [1.165, 1.54) is 0 Å². The summed E-state index contributed by atoms with van der Waals surface area (Å²) in [6.45, 7) is 1.77. The summed E-state index contributed by atoms with van der Waals surface area (Å²) < 4.78 is 25.4. The van der Waals surface area contributed by atoms with Gasteiger partial charge in [0.1, 0.15) is 10.9 Å². The maximum absolute atomic E-state index is 13.0. The molecule has 0 aromatic heterocycles. The van der Waals surface area contributed by atoms with Crippen LogP contribution in [0.4, 0.5) is 0 Å². The van der Waals surface area contributed by atoms with Gasteiger partial charge in [-0.1, -0.05) is 36.4 Å². The number of carbonyl (C=O) groups excluding carboxylic acids is 2. The molecule has 182 valence electrons. The van der Waals surface area contributed by atoms with Crippen LogP contribution in [0.15, 0.2) is 48.5 Å². The number of sulfone groups is 1. The summed E-state index contributed by atoms with van der Waals surface area (Å²) in [4.78, 5) is 28.7. The molecule has 2 amide bonds. The molecule has 1 saturated heterocycles. The molecule has 8 heteroatoms. The molecule has 3 fully saturated rings. The second-order valence-electron chi connectivity index (χ2n) is 10.1. The van der Waals surface area contributed by atoms with Crippen LogP contribution < -0.4 is 0 Å². The number of hydrogen-bond donors (Lipinski definition) is 1. The average Bonchev–Trinajstić information content (AvgIpc) is 3.81. The topological polar surface area (TPSA) is 95.0 Å². The predicted molar refractivity (Wildman–Crippen MR) is 132 cm³/mol. The molecule has 0 radical (unpaired) electrons. The molecule has 3 aliphatic carbocycles. The van der Waals surface area contributed by atoms with Crippen molar-refractivity contribution in [1.82, 2.24) is 9.80 Å². The van der Waals surface area contributed by atoms with Gasteiger partial charge in [0.05, 0.1) is 5.25 Å². The van der Waals surface area contributed by atoms with Crippen LogP contribution in [0, 0.1) is 0 Å². The number of fused-ring (bicyclic) bond motifs is 1. The SMILES string of the molecule is O=C(c1ccc(-c2ccc3c(c2)C=CC3S(=O)(=O)C2CC2)cc1)N1CCN(C(=O)C2(O)CC2)CC1. The molecule has 2 aromatic carbocycles. The van der Waals surface area contributed by atoms with E-state index < -0.39 is 20.7 Å². The minimum atomic E-state index is -3.16. The van der Waals surface area contributed by atoms with Gasteiger partial charge in [0.15, 0.2) is 9.84 Å². The maximum Gasteiger partial charge on any atom is 0.254 e. The Morgan fingerprint density at radius 2 is 1.51 bits per heavy atom. The van der Waals surface area contributed by atoms with Crippen molar-refractivity contribution in [3.8, 4) is 11.1 Å². The lowest BCUT2D eigenvalue weighted by Gasteiger charge is -2.35. The van der Waals surface area contributed by atoms with Crippen LogP contribution in [0.1, 0.15) is 52.4 Å². The van der Waals surface area contributed by atoms with Crippen LogP contribution in [-0.2, 0) is 14.6 Å². The minimum absolute atomic E-state index is 0.0706. The number of piperazine rings is 1. The lowest BCUT2D eigenvalue weighted by Crippen LogP contribution is -2.53. The second-order valence-corrected chi connectivity index (χ2v) is 12.5. The second kappa shape index (κ2) is 8.03. The van der Waals surface area contributed by atoms with Crippen LogP contribution in [0.3, 0.4) is 0 Å². The van der Waals surface area contributed by atoms with E-state index in [-0.39, 0.29) is 17.1 Å². The first kappa shape index (κ1) is 22.5. The summed E-state index contributed by atoms with van der Waals surface area (Å²) in [7, 11) is -3.16. The fourth-order valence-electron chi connectivity index (χ4n) is 5.07. The number of nitrogens with zero attached hydrogens (tertiary/aromatic N) is 2. The van der Waals surface area contributed by atoms with Gasteiger partial charge in [0.25, 0.3) is 11.8 Å². The smallest absolute Gasteiger partial charge is 0.254 e. The first-order valence-electron chi connectivity index (χ1n) is 12.2. The molecule has 7 nitrogen and oxygen atoms in total. The number of benzene rings is 2. The highest BCUT2D eigenvalue weighted by atomic mass is 32.2. The predicted octanol–water partition coefficient (Wildman–Crippen LogP) is 2.81. The van der Waals surface area contributed by atoms with Crippen LogP contribution in [0.25, 0.3) is 17.2 Å². The Kier molecular flexibility index (Phi) is 5.16. The summed E-state index contributed by atoms with van der Waals surface area (Å²) in [5.41, 5.74) is 3.13. The summed E-state index contributed by atoms with van der Waals surface area (Å²) in [5, 5.41) is 9.31. The molecule has 6 rings (SSSR count). The monoisotopic (exact) mass is 492 g/mol. The van der Waals surface area contributed by atoms with Crippen molar-refractivity contribution in [1.29, 1.82) is 0 Å². The third-order valence-corrected chi connectivity index (χ3v) is 10.1. The van der Waals surface area contributed by atoms with Gasteiger partial charge < -0.3 is 14.9 Å². The van der Waals surface area contributed by atoms with Gasteiger partial charge >= 0.3 is 0 Å². The summed E-state index contributed by atoms with van der Waals surface area (Å²) in [6.07, 6.45) is 6.27. The summed E-state index contributed by atoms with van der Waals surface area (Å²) >= 11 is 0. The van der Waals surface area contributed by atoms with E-state index in [0.717, 1.165) is 35.1 Å². The zero-order valence-electron chi connectivity index (χ0n) is 19.4. The minimum Gasteiger partial charge on any atom is -0.380 e. The molecule has 0 bridgehead atoms. The van der Waals surface area contributed by atoms with Crippen LogP contribution >= 0.6 is 0 Å². The highest BCUT2D eigenvalue weighted by molar-refractivity contribution is 7.92. The molecular weight excluding hydrogens is 464 g/mol. The van der Waals surface area contributed by atoms with Gasteiger partial charge in [-0.25, -0.2) is 8.42 Å². The van der Waals surface area contributed by atoms with Gasteiger partial charge in [0, 0.05) is 31.7 Å². The molecular formula is C27H28N2O5S. The van der Waals surface area contributed by atoms with E-state index in [1.54, 1.807) is 15.9 Å². The van der Waals surface area contributed by atoms with Crippen molar-refractivity contribution >= 4 is 27.7 Å². The summed E-state index contributed by atoms with van der Waals surface area (Å²) in [6, 6.07) is 13.3. The van der Waals surface area contributed by atoms with E-state index in [2.05, 4.69) is 0 Å². The number of amides is 2.